The maximum absolute atomic E-state index is 12.6. The first kappa shape index (κ1) is 22.4. The van der Waals surface area contributed by atoms with Gasteiger partial charge in [0, 0.05) is 25.8 Å². The predicted octanol–water partition coefficient (Wildman–Crippen LogP) is 4.61. The Hall–Kier alpha value is -2.32. The fourth-order valence-electron chi connectivity index (χ4n) is 2.82. The SMILES string of the molecule is COCc1cccc(C(=O)NCCN2C(=O)S/C(=C\c3cccc(Cl)c3Cl)C2=O)c1. The molecule has 2 aromatic rings. The van der Waals surface area contributed by atoms with Crippen molar-refractivity contribution in [3.63, 3.8) is 0 Å². The lowest BCUT2D eigenvalue weighted by atomic mass is 10.1. The highest BCUT2D eigenvalue weighted by Gasteiger charge is 2.34. The molecule has 156 valence electrons. The number of carbonyl (C=O) groups is 3. The summed E-state index contributed by atoms with van der Waals surface area (Å²) in [6, 6.07) is 12.1. The van der Waals surface area contributed by atoms with E-state index in [2.05, 4.69) is 5.32 Å². The Balaban J connectivity index is 1.61. The highest BCUT2D eigenvalue weighted by atomic mass is 35.5. The first-order chi connectivity index (χ1) is 14.4. The van der Waals surface area contributed by atoms with Crippen LogP contribution >= 0.6 is 35.0 Å². The second-order valence-electron chi connectivity index (χ2n) is 6.37. The maximum atomic E-state index is 12.6. The van der Waals surface area contributed by atoms with Gasteiger partial charge in [0.1, 0.15) is 0 Å². The van der Waals surface area contributed by atoms with Gasteiger partial charge in [-0.25, -0.2) is 0 Å². The van der Waals surface area contributed by atoms with Crippen LogP contribution in [0.1, 0.15) is 21.5 Å². The van der Waals surface area contributed by atoms with Crippen LogP contribution in [0.15, 0.2) is 47.4 Å². The summed E-state index contributed by atoms with van der Waals surface area (Å²) in [5, 5.41) is 3.00. The number of ether oxygens (including phenoxy) is 1. The zero-order chi connectivity index (χ0) is 21.7. The number of nitrogens with zero attached hydrogens (tertiary/aromatic N) is 1. The molecule has 0 spiro atoms. The molecule has 9 heteroatoms. The van der Waals surface area contributed by atoms with Crippen molar-refractivity contribution >= 4 is 58.1 Å². The van der Waals surface area contributed by atoms with Crippen LogP contribution in [0, 0.1) is 0 Å². The topological polar surface area (TPSA) is 75.7 Å². The fourth-order valence-corrected chi connectivity index (χ4v) is 4.04. The fraction of sp³-hybridized carbons (Fsp3) is 0.190. The number of benzene rings is 2. The van der Waals surface area contributed by atoms with Gasteiger partial charge in [0.05, 0.1) is 21.6 Å². The molecule has 1 N–H and O–H groups in total. The van der Waals surface area contributed by atoms with Crippen LogP contribution in [0.5, 0.6) is 0 Å². The molecule has 30 heavy (non-hydrogen) atoms. The van der Waals surface area contributed by atoms with Gasteiger partial charge in [-0.3, -0.25) is 19.3 Å². The van der Waals surface area contributed by atoms with Gasteiger partial charge >= 0.3 is 0 Å². The van der Waals surface area contributed by atoms with E-state index in [1.165, 1.54) is 0 Å². The summed E-state index contributed by atoms with van der Waals surface area (Å²) in [5.74, 6) is -0.724. The number of thioether (sulfide) groups is 1. The molecule has 6 nitrogen and oxygen atoms in total. The zero-order valence-corrected chi connectivity index (χ0v) is 18.3. The summed E-state index contributed by atoms with van der Waals surface area (Å²) in [5.41, 5.74) is 1.91. The molecule has 0 unspecified atom stereocenters. The van der Waals surface area contributed by atoms with Crippen LogP contribution in [0.4, 0.5) is 4.79 Å². The first-order valence-corrected chi connectivity index (χ1v) is 10.5. The molecule has 0 atom stereocenters. The number of hydrogen-bond acceptors (Lipinski definition) is 5. The van der Waals surface area contributed by atoms with Crippen molar-refractivity contribution in [2.75, 3.05) is 20.2 Å². The molecule has 0 saturated carbocycles. The van der Waals surface area contributed by atoms with Gasteiger partial charge in [-0.2, -0.15) is 0 Å². The number of rotatable bonds is 7. The van der Waals surface area contributed by atoms with E-state index in [9.17, 15) is 14.4 Å². The van der Waals surface area contributed by atoms with Crippen LogP contribution in [-0.4, -0.2) is 42.2 Å². The molecular formula is C21H18Cl2N2O4S. The Kier molecular flexibility index (Phi) is 7.55. The van der Waals surface area contributed by atoms with Crippen molar-refractivity contribution in [3.8, 4) is 0 Å². The minimum Gasteiger partial charge on any atom is -0.380 e. The first-order valence-electron chi connectivity index (χ1n) is 8.96. The van der Waals surface area contributed by atoms with Crippen LogP contribution in [0.2, 0.25) is 10.0 Å². The molecule has 2 aromatic carbocycles. The van der Waals surface area contributed by atoms with E-state index in [1.807, 2.05) is 6.07 Å². The minimum absolute atomic E-state index is 0.0643. The Labute approximate surface area is 188 Å². The van der Waals surface area contributed by atoms with Crippen molar-refractivity contribution in [1.29, 1.82) is 0 Å². The number of methoxy groups -OCH3 is 1. The third-order valence-corrected chi connectivity index (χ3v) is 6.00. The van der Waals surface area contributed by atoms with Gasteiger partial charge in [0.15, 0.2) is 0 Å². The molecule has 1 aliphatic rings. The smallest absolute Gasteiger partial charge is 0.293 e. The number of amides is 3. The highest BCUT2D eigenvalue weighted by molar-refractivity contribution is 8.18. The summed E-state index contributed by atoms with van der Waals surface area (Å²) in [6.45, 7) is 0.603. The van der Waals surface area contributed by atoms with Gasteiger partial charge in [0.2, 0.25) is 0 Å². The zero-order valence-electron chi connectivity index (χ0n) is 16.0. The lowest BCUT2D eigenvalue weighted by Crippen LogP contribution is -2.37. The molecular weight excluding hydrogens is 447 g/mol. The largest absolute Gasteiger partial charge is 0.380 e. The monoisotopic (exact) mass is 464 g/mol. The van der Waals surface area contributed by atoms with Crippen LogP contribution < -0.4 is 5.32 Å². The molecule has 0 bridgehead atoms. The van der Waals surface area contributed by atoms with E-state index >= 15 is 0 Å². The summed E-state index contributed by atoms with van der Waals surface area (Å²) < 4.78 is 5.06. The van der Waals surface area contributed by atoms with Gasteiger partial charge < -0.3 is 10.1 Å². The minimum atomic E-state index is -0.433. The maximum Gasteiger partial charge on any atom is 0.293 e. The van der Waals surface area contributed by atoms with E-state index in [0.29, 0.717) is 27.8 Å². The Morgan fingerprint density at radius 2 is 1.97 bits per heavy atom. The van der Waals surface area contributed by atoms with Crippen molar-refractivity contribution in [1.82, 2.24) is 10.2 Å². The summed E-state index contributed by atoms with van der Waals surface area (Å²) in [6.07, 6.45) is 1.54. The van der Waals surface area contributed by atoms with Gasteiger partial charge in [-0.1, -0.05) is 47.5 Å². The molecule has 1 fully saturated rings. The molecule has 0 radical (unpaired) electrons. The van der Waals surface area contributed by atoms with E-state index in [0.717, 1.165) is 22.2 Å². The quantitative estimate of drug-likeness (QED) is 0.605. The average Bonchev–Trinajstić information content (AvgIpc) is 2.99. The number of hydrogen-bond donors (Lipinski definition) is 1. The Morgan fingerprint density at radius 3 is 2.73 bits per heavy atom. The number of halogens is 2. The average molecular weight is 465 g/mol. The van der Waals surface area contributed by atoms with Gasteiger partial charge in [0.25, 0.3) is 17.1 Å². The molecule has 1 aliphatic heterocycles. The second-order valence-corrected chi connectivity index (χ2v) is 8.14. The van der Waals surface area contributed by atoms with Crippen LogP contribution in [-0.2, 0) is 16.1 Å². The molecule has 3 amide bonds. The van der Waals surface area contributed by atoms with Crippen molar-refractivity contribution < 1.29 is 19.1 Å². The molecule has 3 rings (SSSR count). The third kappa shape index (κ3) is 5.23. The number of carbonyl (C=O) groups excluding carboxylic acids is 3. The van der Waals surface area contributed by atoms with E-state index in [1.54, 1.807) is 49.6 Å². The van der Waals surface area contributed by atoms with E-state index < -0.39 is 11.1 Å². The highest BCUT2D eigenvalue weighted by Crippen LogP contribution is 2.34. The predicted molar refractivity (Wildman–Crippen MR) is 119 cm³/mol. The van der Waals surface area contributed by atoms with Crippen molar-refractivity contribution in [2.24, 2.45) is 0 Å². The Morgan fingerprint density at radius 1 is 1.20 bits per heavy atom. The lowest BCUT2D eigenvalue weighted by molar-refractivity contribution is -0.122. The standard InChI is InChI=1S/C21H18Cl2N2O4S/c1-29-12-13-4-2-6-15(10-13)19(26)24-8-9-25-20(27)17(30-21(25)28)11-14-5-3-7-16(22)18(14)23/h2-7,10-11H,8-9,12H2,1H3,(H,24,26)/b17-11-. The van der Waals surface area contributed by atoms with Crippen LogP contribution in [0.3, 0.4) is 0 Å². The number of nitrogens with one attached hydrogen (secondary N) is 1. The number of imide groups is 1. The summed E-state index contributed by atoms with van der Waals surface area (Å²) >= 11 is 13.0. The van der Waals surface area contributed by atoms with Gasteiger partial charge in [-0.05, 0) is 47.2 Å². The van der Waals surface area contributed by atoms with Gasteiger partial charge in [-0.15, -0.1) is 0 Å². The Bertz CT molecular complexity index is 1030. The van der Waals surface area contributed by atoms with Crippen molar-refractivity contribution in [3.05, 3.63) is 74.1 Å². The summed E-state index contributed by atoms with van der Waals surface area (Å²) in [7, 11) is 1.58. The summed E-state index contributed by atoms with van der Waals surface area (Å²) in [4.78, 5) is 38.5. The second kappa shape index (κ2) is 10.1. The lowest BCUT2D eigenvalue weighted by Gasteiger charge is -2.13. The molecule has 1 heterocycles. The normalized spacial score (nSPS) is 15.2. The van der Waals surface area contributed by atoms with E-state index in [4.69, 9.17) is 27.9 Å². The third-order valence-electron chi connectivity index (χ3n) is 4.26. The van der Waals surface area contributed by atoms with Crippen LogP contribution in [0.25, 0.3) is 6.08 Å². The molecule has 0 aromatic heterocycles. The molecule has 0 aliphatic carbocycles. The molecule has 1 saturated heterocycles. The van der Waals surface area contributed by atoms with Crippen molar-refractivity contribution in [2.45, 2.75) is 6.61 Å². The van der Waals surface area contributed by atoms with E-state index in [-0.39, 0.29) is 23.9 Å².